The smallest absolute Gasteiger partial charge is 0.287 e. The summed E-state index contributed by atoms with van der Waals surface area (Å²) in [7, 11) is 3.25. The van der Waals surface area contributed by atoms with Crippen LogP contribution in [0.4, 0.5) is 8.78 Å². The number of amides is 2. The van der Waals surface area contributed by atoms with Crippen molar-refractivity contribution in [2.75, 3.05) is 7.05 Å². The predicted octanol–water partition coefficient (Wildman–Crippen LogP) is 3.04. The summed E-state index contributed by atoms with van der Waals surface area (Å²) >= 11 is 0. The maximum Gasteiger partial charge on any atom is 0.287 e. The summed E-state index contributed by atoms with van der Waals surface area (Å²) in [6.45, 7) is 1.91. The lowest BCUT2D eigenvalue weighted by atomic mass is 10.0. The van der Waals surface area contributed by atoms with Crippen LogP contribution in [0.5, 0.6) is 0 Å². The number of alkyl halides is 2. The number of halogens is 2. The molecule has 2 amide bonds. The molecule has 8 heteroatoms. The Bertz CT molecular complexity index is 1110. The third-order valence-corrected chi connectivity index (χ3v) is 6.54. The lowest BCUT2D eigenvalue weighted by molar-refractivity contribution is -0.000266. The molecule has 1 unspecified atom stereocenters. The lowest BCUT2D eigenvalue weighted by Crippen LogP contribution is -2.33. The molecule has 0 saturated heterocycles. The van der Waals surface area contributed by atoms with Gasteiger partial charge in [0.15, 0.2) is 5.82 Å². The Balaban J connectivity index is 1.46. The number of aromatic nitrogens is 2. The molecule has 2 aromatic rings. The van der Waals surface area contributed by atoms with Crippen molar-refractivity contribution >= 4 is 11.8 Å². The zero-order valence-electron chi connectivity index (χ0n) is 18.3. The number of hydrogen-bond acceptors (Lipinski definition) is 3. The molecule has 0 aliphatic heterocycles. The zero-order chi connectivity index (χ0) is 23.0. The van der Waals surface area contributed by atoms with Crippen molar-refractivity contribution < 1.29 is 18.4 Å². The predicted molar refractivity (Wildman–Crippen MR) is 115 cm³/mol. The quantitative estimate of drug-likeness (QED) is 0.721. The highest BCUT2D eigenvalue weighted by molar-refractivity contribution is 5.95. The Morgan fingerprint density at radius 3 is 2.50 bits per heavy atom. The third kappa shape index (κ3) is 4.38. The molecule has 2 fully saturated rings. The molecule has 168 valence electrons. The summed E-state index contributed by atoms with van der Waals surface area (Å²) < 4.78 is 28.7. The van der Waals surface area contributed by atoms with E-state index in [2.05, 4.69) is 27.5 Å². The van der Waals surface area contributed by atoms with Crippen molar-refractivity contribution in [1.82, 2.24) is 20.2 Å². The van der Waals surface area contributed by atoms with Crippen LogP contribution >= 0.6 is 0 Å². The fourth-order valence-electron chi connectivity index (χ4n) is 4.83. The molecular formula is C24H26F2N4O2. The largest absolute Gasteiger partial charge is 0.352 e. The highest BCUT2D eigenvalue weighted by atomic mass is 19.3. The van der Waals surface area contributed by atoms with Crippen LogP contribution in [0.25, 0.3) is 0 Å². The van der Waals surface area contributed by atoms with Crippen LogP contribution in [0.15, 0.2) is 24.4 Å². The van der Waals surface area contributed by atoms with E-state index < -0.39 is 5.92 Å². The number of fused-ring (bicyclic) bond motifs is 1. The third-order valence-electron chi connectivity index (χ3n) is 6.54. The maximum absolute atomic E-state index is 13.6. The van der Waals surface area contributed by atoms with Crippen LogP contribution in [0, 0.1) is 30.6 Å². The van der Waals surface area contributed by atoms with Gasteiger partial charge in [-0.3, -0.25) is 9.59 Å². The van der Waals surface area contributed by atoms with E-state index in [0.717, 1.165) is 5.56 Å². The first-order chi connectivity index (χ1) is 15.2. The number of nitrogens with zero attached hydrogens (tertiary/aromatic N) is 2. The molecule has 1 aromatic heterocycles. The van der Waals surface area contributed by atoms with Crippen molar-refractivity contribution in [3.05, 3.63) is 52.6 Å². The maximum atomic E-state index is 13.6. The summed E-state index contributed by atoms with van der Waals surface area (Å²) in [5.74, 6) is 3.26. The number of nitrogens with one attached hydrogen (secondary N) is 2. The minimum absolute atomic E-state index is 0.00618. The van der Waals surface area contributed by atoms with Crippen molar-refractivity contribution in [2.45, 2.75) is 44.6 Å². The Labute approximate surface area is 185 Å². The number of aryl methyl sites for hydroxylation is 1. The number of carbonyl (C=O) groups excluding carboxylic acids is 2. The van der Waals surface area contributed by atoms with Gasteiger partial charge in [-0.2, -0.15) is 0 Å². The van der Waals surface area contributed by atoms with Crippen molar-refractivity contribution in [1.29, 1.82) is 0 Å². The first-order valence-corrected chi connectivity index (χ1v) is 10.7. The molecule has 6 nitrogen and oxygen atoms in total. The number of hydrogen-bond donors (Lipinski definition) is 2. The van der Waals surface area contributed by atoms with Gasteiger partial charge in [0, 0.05) is 44.1 Å². The Morgan fingerprint density at radius 2 is 1.84 bits per heavy atom. The topological polar surface area (TPSA) is 76.0 Å². The van der Waals surface area contributed by atoms with Gasteiger partial charge in [0.05, 0.1) is 6.20 Å². The minimum Gasteiger partial charge on any atom is -0.352 e. The van der Waals surface area contributed by atoms with Crippen LogP contribution in [0.1, 0.15) is 63.5 Å². The van der Waals surface area contributed by atoms with E-state index in [-0.39, 0.29) is 48.4 Å². The molecule has 1 aromatic carbocycles. The number of benzene rings is 1. The van der Waals surface area contributed by atoms with Gasteiger partial charge in [-0.15, -0.1) is 0 Å². The van der Waals surface area contributed by atoms with Crippen molar-refractivity contribution in [3.8, 4) is 11.8 Å². The average molecular weight is 440 g/mol. The molecule has 3 atom stereocenters. The van der Waals surface area contributed by atoms with Crippen LogP contribution in [0.3, 0.4) is 0 Å². The molecule has 2 aliphatic rings. The van der Waals surface area contributed by atoms with Gasteiger partial charge in [0.2, 0.25) is 5.92 Å². The highest BCUT2D eigenvalue weighted by Crippen LogP contribution is 2.51. The van der Waals surface area contributed by atoms with Gasteiger partial charge in [-0.25, -0.2) is 13.8 Å². The Morgan fingerprint density at radius 1 is 1.16 bits per heavy atom. The van der Waals surface area contributed by atoms with Crippen LogP contribution in [-0.4, -0.2) is 40.4 Å². The highest BCUT2D eigenvalue weighted by Gasteiger charge is 2.50. The van der Waals surface area contributed by atoms with E-state index in [9.17, 15) is 18.4 Å². The van der Waals surface area contributed by atoms with E-state index in [1.54, 1.807) is 23.7 Å². The van der Waals surface area contributed by atoms with E-state index in [1.165, 1.54) is 13.2 Å². The van der Waals surface area contributed by atoms with E-state index in [4.69, 9.17) is 0 Å². The Kier molecular flexibility index (Phi) is 5.76. The van der Waals surface area contributed by atoms with Crippen LogP contribution in [-0.2, 0) is 7.05 Å². The molecular weight excluding hydrogens is 414 g/mol. The lowest BCUT2D eigenvalue weighted by Gasteiger charge is -2.16. The number of carbonyl (C=O) groups is 2. The second-order valence-electron chi connectivity index (χ2n) is 8.81. The second kappa shape index (κ2) is 8.38. The molecule has 4 rings (SSSR count). The average Bonchev–Trinajstić information content (AvgIpc) is 3.36. The zero-order valence-corrected chi connectivity index (χ0v) is 18.3. The summed E-state index contributed by atoms with van der Waals surface area (Å²) in [5, 5.41) is 5.54. The summed E-state index contributed by atoms with van der Waals surface area (Å²) in [5.41, 5.74) is 2.68. The molecule has 2 aliphatic carbocycles. The van der Waals surface area contributed by atoms with Crippen molar-refractivity contribution in [3.63, 3.8) is 0 Å². The number of rotatable bonds is 3. The summed E-state index contributed by atoms with van der Waals surface area (Å²) in [6.07, 6.45) is 2.62. The summed E-state index contributed by atoms with van der Waals surface area (Å²) in [4.78, 5) is 28.7. The van der Waals surface area contributed by atoms with Gasteiger partial charge in [-0.1, -0.05) is 12.0 Å². The van der Waals surface area contributed by atoms with Crippen LogP contribution in [0.2, 0.25) is 0 Å². The van der Waals surface area contributed by atoms with Gasteiger partial charge in [0.25, 0.3) is 11.8 Å². The first kappa shape index (κ1) is 22.0. The molecule has 0 radical (unpaired) electrons. The molecule has 2 N–H and O–H groups in total. The molecule has 0 spiro atoms. The van der Waals surface area contributed by atoms with E-state index in [1.807, 2.05) is 13.0 Å². The molecule has 1 heterocycles. The van der Waals surface area contributed by atoms with Gasteiger partial charge >= 0.3 is 0 Å². The molecule has 32 heavy (non-hydrogen) atoms. The van der Waals surface area contributed by atoms with E-state index in [0.29, 0.717) is 29.7 Å². The fraction of sp³-hybridized carbons (Fsp3) is 0.458. The second-order valence-corrected chi connectivity index (χ2v) is 8.81. The van der Waals surface area contributed by atoms with Crippen LogP contribution < -0.4 is 10.6 Å². The Hall–Kier alpha value is -3.21. The summed E-state index contributed by atoms with van der Waals surface area (Å²) in [6, 6.07) is 5.25. The normalized spacial score (nSPS) is 23.2. The molecule has 0 bridgehead atoms. The molecule has 2 saturated carbocycles. The van der Waals surface area contributed by atoms with Gasteiger partial charge < -0.3 is 15.2 Å². The number of imidazole rings is 1. The van der Waals surface area contributed by atoms with Crippen molar-refractivity contribution in [2.24, 2.45) is 18.9 Å². The standard InChI is InChI=1S/C24H26F2N4O2/c1-14-4-5-16(22(31)29-19-9-17-11-24(25,26)12-18(17)10-19)8-15(14)6-7-20-13-28-21(30(20)3)23(32)27-2/h4-5,8,13,17-19H,9-12H2,1-3H3,(H,27,32)(H,29,31)/t17-,18+,19?. The van der Waals surface area contributed by atoms with E-state index >= 15 is 0 Å². The van der Waals surface area contributed by atoms with Gasteiger partial charge in [-0.05, 0) is 55.2 Å². The SMILES string of the molecule is CNC(=O)c1ncc(C#Cc2cc(C(=O)NC3C[C@@H]4CC(F)(F)C[C@@H]4C3)ccc2C)n1C. The fourth-order valence-corrected chi connectivity index (χ4v) is 4.83. The van der Waals surface area contributed by atoms with Gasteiger partial charge in [0.1, 0.15) is 5.69 Å². The first-order valence-electron chi connectivity index (χ1n) is 10.7. The minimum atomic E-state index is -2.55. The monoisotopic (exact) mass is 440 g/mol.